The summed E-state index contributed by atoms with van der Waals surface area (Å²) in [6, 6.07) is 10.00. The number of hydrogen-bond acceptors (Lipinski definition) is 5. The zero-order chi connectivity index (χ0) is 17.1. The molecule has 0 aliphatic carbocycles. The van der Waals surface area contributed by atoms with Crippen molar-refractivity contribution >= 4 is 28.9 Å². The highest BCUT2D eigenvalue weighted by Crippen LogP contribution is 2.34. The van der Waals surface area contributed by atoms with Gasteiger partial charge in [0.15, 0.2) is 11.5 Å². The van der Waals surface area contributed by atoms with Crippen LogP contribution >= 0.6 is 11.6 Å². The van der Waals surface area contributed by atoms with Gasteiger partial charge in [-0.05, 0) is 37.3 Å². The molecule has 1 aliphatic heterocycles. The molecule has 0 saturated carbocycles. The number of carbonyl (C=O) groups excluding carboxylic acids is 1. The summed E-state index contributed by atoms with van der Waals surface area (Å²) < 4.78 is 15.8. The van der Waals surface area contributed by atoms with E-state index in [0.717, 1.165) is 5.69 Å². The Morgan fingerprint density at radius 3 is 2.79 bits per heavy atom. The first kappa shape index (κ1) is 16.3. The fourth-order valence-corrected chi connectivity index (χ4v) is 2.49. The molecule has 0 spiro atoms. The predicted octanol–water partition coefficient (Wildman–Crippen LogP) is 3.52. The zero-order valence-corrected chi connectivity index (χ0v) is 14.0. The van der Waals surface area contributed by atoms with Crippen LogP contribution in [0.4, 0.5) is 11.4 Å². The largest absolute Gasteiger partial charge is 0.495 e. The number of ether oxygens (including phenoxy) is 3. The van der Waals surface area contributed by atoms with E-state index in [9.17, 15) is 4.79 Å². The van der Waals surface area contributed by atoms with Gasteiger partial charge in [-0.3, -0.25) is 4.79 Å². The molecule has 1 atom stereocenters. The highest BCUT2D eigenvalue weighted by atomic mass is 35.5. The van der Waals surface area contributed by atoms with Crippen LogP contribution in [0, 0.1) is 0 Å². The third kappa shape index (κ3) is 3.49. The minimum Gasteiger partial charge on any atom is -0.495 e. The molecule has 0 saturated heterocycles. The van der Waals surface area contributed by atoms with Crippen LogP contribution in [0.2, 0.25) is 5.02 Å². The number of hydrogen-bond donors (Lipinski definition) is 2. The highest BCUT2D eigenvalue weighted by molar-refractivity contribution is 6.31. The van der Waals surface area contributed by atoms with Crippen LogP contribution in [0.25, 0.3) is 0 Å². The molecule has 2 aromatic carbocycles. The first-order valence-corrected chi connectivity index (χ1v) is 7.75. The summed E-state index contributed by atoms with van der Waals surface area (Å²) in [5.41, 5.74) is 1.29. The van der Waals surface area contributed by atoms with Crippen LogP contribution in [-0.2, 0) is 4.79 Å². The Bertz CT molecular complexity index is 766. The highest BCUT2D eigenvalue weighted by Gasteiger charge is 2.18. The Morgan fingerprint density at radius 1 is 1.21 bits per heavy atom. The van der Waals surface area contributed by atoms with Crippen LogP contribution in [0.5, 0.6) is 17.2 Å². The topological polar surface area (TPSA) is 68.8 Å². The summed E-state index contributed by atoms with van der Waals surface area (Å²) in [7, 11) is 1.53. The van der Waals surface area contributed by atoms with Crippen LogP contribution in [0.1, 0.15) is 6.92 Å². The molecule has 0 unspecified atom stereocenters. The molecule has 0 aromatic heterocycles. The quantitative estimate of drug-likeness (QED) is 0.865. The third-order valence-electron chi connectivity index (χ3n) is 3.57. The maximum Gasteiger partial charge on any atom is 0.246 e. The zero-order valence-electron chi connectivity index (χ0n) is 13.3. The van der Waals surface area contributed by atoms with Gasteiger partial charge < -0.3 is 24.8 Å². The second-order valence-electron chi connectivity index (χ2n) is 5.27. The standard InChI is InChI=1S/C17H17ClN2O4/c1-10(19-12-4-6-15-16(8-12)24-9-23-15)17(21)20-13-7-11(18)3-5-14(13)22-2/h3-8,10,19H,9H2,1-2H3,(H,20,21)/t10-/m0/s1. The minimum absolute atomic E-state index is 0.212. The van der Waals surface area contributed by atoms with Gasteiger partial charge in [-0.25, -0.2) is 0 Å². The molecule has 2 aromatic rings. The lowest BCUT2D eigenvalue weighted by Gasteiger charge is -2.17. The summed E-state index contributed by atoms with van der Waals surface area (Å²) >= 11 is 5.97. The van der Waals surface area contributed by atoms with E-state index in [-0.39, 0.29) is 12.7 Å². The number of amides is 1. The molecule has 0 fully saturated rings. The molecular formula is C17H17ClN2O4. The van der Waals surface area contributed by atoms with Gasteiger partial charge in [0, 0.05) is 16.8 Å². The minimum atomic E-state index is -0.478. The van der Waals surface area contributed by atoms with Gasteiger partial charge in [0.1, 0.15) is 11.8 Å². The summed E-state index contributed by atoms with van der Waals surface area (Å²) in [4.78, 5) is 12.4. The van der Waals surface area contributed by atoms with Crippen molar-refractivity contribution in [2.45, 2.75) is 13.0 Å². The lowest BCUT2D eigenvalue weighted by Crippen LogP contribution is -2.32. The van der Waals surface area contributed by atoms with Gasteiger partial charge in [-0.2, -0.15) is 0 Å². The predicted molar refractivity (Wildman–Crippen MR) is 92.3 cm³/mol. The van der Waals surface area contributed by atoms with Crippen LogP contribution in [0.3, 0.4) is 0 Å². The molecule has 1 amide bonds. The Balaban J connectivity index is 1.68. The van der Waals surface area contributed by atoms with E-state index in [0.29, 0.717) is 28.0 Å². The van der Waals surface area contributed by atoms with Gasteiger partial charge in [-0.15, -0.1) is 0 Å². The molecule has 0 radical (unpaired) electrons. The van der Waals surface area contributed by atoms with Gasteiger partial charge in [0.2, 0.25) is 12.7 Å². The Kier molecular flexibility index (Phi) is 4.66. The van der Waals surface area contributed by atoms with Gasteiger partial charge in [0.25, 0.3) is 0 Å². The van der Waals surface area contributed by atoms with Crippen molar-refractivity contribution in [3.63, 3.8) is 0 Å². The maximum atomic E-state index is 12.4. The summed E-state index contributed by atoms with van der Waals surface area (Å²) in [6.45, 7) is 1.97. The Morgan fingerprint density at radius 2 is 2.00 bits per heavy atom. The van der Waals surface area contributed by atoms with Crippen molar-refractivity contribution in [3.8, 4) is 17.2 Å². The average molecular weight is 349 g/mol. The van der Waals surface area contributed by atoms with Crippen molar-refractivity contribution < 1.29 is 19.0 Å². The summed E-state index contributed by atoms with van der Waals surface area (Å²) in [5, 5.41) is 6.45. The Labute approximate surface area is 144 Å². The molecule has 6 nitrogen and oxygen atoms in total. The SMILES string of the molecule is COc1ccc(Cl)cc1NC(=O)[C@H](C)Nc1ccc2c(c1)OCO2. The molecule has 24 heavy (non-hydrogen) atoms. The number of methoxy groups -OCH3 is 1. The molecule has 3 rings (SSSR count). The van der Waals surface area contributed by atoms with E-state index in [1.807, 2.05) is 6.07 Å². The fourth-order valence-electron chi connectivity index (χ4n) is 2.32. The molecular weight excluding hydrogens is 332 g/mol. The van der Waals surface area contributed by atoms with E-state index in [4.69, 9.17) is 25.8 Å². The smallest absolute Gasteiger partial charge is 0.246 e. The molecule has 7 heteroatoms. The molecule has 2 N–H and O–H groups in total. The van der Waals surface area contributed by atoms with Crippen LogP contribution in [-0.4, -0.2) is 25.9 Å². The second kappa shape index (κ2) is 6.88. The number of halogens is 1. The van der Waals surface area contributed by atoms with Crippen molar-refractivity contribution in [3.05, 3.63) is 41.4 Å². The number of carbonyl (C=O) groups is 1. The van der Waals surface area contributed by atoms with Crippen molar-refractivity contribution in [2.75, 3.05) is 24.5 Å². The number of anilines is 2. The maximum absolute atomic E-state index is 12.4. The van der Waals surface area contributed by atoms with Crippen molar-refractivity contribution in [1.29, 1.82) is 0 Å². The third-order valence-corrected chi connectivity index (χ3v) is 3.80. The number of fused-ring (bicyclic) bond motifs is 1. The normalized spacial score (nSPS) is 13.3. The van der Waals surface area contributed by atoms with Crippen LogP contribution < -0.4 is 24.8 Å². The van der Waals surface area contributed by atoms with Gasteiger partial charge >= 0.3 is 0 Å². The molecule has 0 bridgehead atoms. The number of benzene rings is 2. The summed E-state index contributed by atoms with van der Waals surface area (Å²) in [6.07, 6.45) is 0. The molecule has 1 heterocycles. The fraction of sp³-hybridized carbons (Fsp3) is 0.235. The average Bonchev–Trinajstić information content (AvgIpc) is 3.02. The second-order valence-corrected chi connectivity index (χ2v) is 5.70. The summed E-state index contributed by atoms with van der Waals surface area (Å²) in [5.74, 6) is 1.68. The van der Waals surface area contributed by atoms with E-state index in [1.165, 1.54) is 7.11 Å². The lowest BCUT2D eigenvalue weighted by molar-refractivity contribution is -0.116. The van der Waals surface area contributed by atoms with E-state index >= 15 is 0 Å². The first-order valence-electron chi connectivity index (χ1n) is 7.37. The van der Waals surface area contributed by atoms with E-state index < -0.39 is 6.04 Å². The number of rotatable bonds is 5. The molecule has 1 aliphatic rings. The van der Waals surface area contributed by atoms with E-state index in [1.54, 1.807) is 37.3 Å². The lowest BCUT2D eigenvalue weighted by atomic mass is 10.2. The number of nitrogens with one attached hydrogen (secondary N) is 2. The van der Waals surface area contributed by atoms with E-state index in [2.05, 4.69) is 10.6 Å². The van der Waals surface area contributed by atoms with Crippen molar-refractivity contribution in [1.82, 2.24) is 0 Å². The monoisotopic (exact) mass is 348 g/mol. The molecule has 126 valence electrons. The van der Waals surface area contributed by atoms with Crippen molar-refractivity contribution in [2.24, 2.45) is 0 Å². The van der Waals surface area contributed by atoms with Gasteiger partial charge in [-0.1, -0.05) is 11.6 Å². The Hall–Kier alpha value is -2.60. The first-order chi connectivity index (χ1) is 11.6. The van der Waals surface area contributed by atoms with Gasteiger partial charge in [0.05, 0.1) is 12.8 Å². The van der Waals surface area contributed by atoms with Crippen LogP contribution in [0.15, 0.2) is 36.4 Å².